The van der Waals surface area contributed by atoms with Gasteiger partial charge in [-0.25, -0.2) is 15.0 Å². The molecular weight excluding hydrogens is 395 g/mol. The number of H-pyrrole nitrogens is 1. The number of piperazine rings is 1. The van der Waals surface area contributed by atoms with Crippen molar-refractivity contribution >= 4 is 34.0 Å². The number of nitrogens with one attached hydrogen (secondary N) is 3. The van der Waals surface area contributed by atoms with Crippen molar-refractivity contribution in [2.45, 2.75) is 6.54 Å². The van der Waals surface area contributed by atoms with E-state index in [9.17, 15) is 9.18 Å². The van der Waals surface area contributed by atoms with Crippen LogP contribution in [-0.4, -0.2) is 64.0 Å². The van der Waals surface area contributed by atoms with Crippen LogP contribution < -0.4 is 15.5 Å². The summed E-state index contributed by atoms with van der Waals surface area (Å²) in [6.07, 6.45) is 5.30. The molecule has 0 aromatic carbocycles. The van der Waals surface area contributed by atoms with Gasteiger partial charge in [-0.2, -0.15) is 4.39 Å². The lowest BCUT2D eigenvalue weighted by molar-refractivity contribution is 0.0957. The first-order valence-electron chi connectivity index (χ1n) is 9.19. The molecule has 4 rings (SSSR count). The third-order valence-corrected chi connectivity index (χ3v) is 5.56. The van der Waals surface area contributed by atoms with Crippen molar-refractivity contribution in [3.63, 3.8) is 0 Å². The second kappa shape index (κ2) is 8.53. The highest BCUT2D eigenvalue weighted by atomic mass is 32.1. The fourth-order valence-corrected chi connectivity index (χ4v) is 4.01. The van der Waals surface area contributed by atoms with Gasteiger partial charge in [0.2, 0.25) is 11.9 Å². The van der Waals surface area contributed by atoms with Gasteiger partial charge in [0.15, 0.2) is 5.13 Å². The first-order chi connectivity index (χ1) is 14.1. The summed E-state index contributed by atoms with van der Waals surface area (Å²) in [5.41, 5.74) is 0.511. The molecule has 0 aliphatic carbocycles. The van der Waals surface area contributed by atoms with Crippen LogP contribution in [0.5, 0.6) is 0 Å². The zero-order chi connectivity index (χ0) is 20.2. The fourth-order valence-electron chi connectivity index (χ4n) is 3.16. The molecule has 0 unspecified atom stereocenters. The van der Waals surface area contributed by atoms with Crippen molar-refractivity contribution in [3.8, 4) is 0 Å². The Kier molecular flexibility index (Phi) is 5.67. The number of imidazole rings is 1. The Morgan fingerprint density at radius 1 is 1.28 bits per heavy atom. The molecule has 1 aliphatic rings. The van der Waals surface area contributed by atoms with E-state index in [1.807, 2.05) is 11.1 Å². The van der Waals surface area contributed by atoms with Crippen LogP contribution in [0.4, 0.5) is 21.2 Å². The van der Waals surface area contributed by atoms with E-state index in [1.54, 1.807) is 35.9 Å². The molecule has 1 saturated heterocycles. The van der Waals surface area contributed by atoms with Gasteiger partial charge in [-0.15, -0.1) is 11.3 Å². The van der Waals surface area contributed by atoms with E-state index in [0.717, 1.165) is 29.6 Å². The van der Waals surface area contributed by atoms with E-state index in [4.69, 9.17) is 0 Å². The Bertz CT molecular complexity index is 968. The van der Waals surface area contributed by atoms with Crippen LogP contribution >= 0.6 is 11.3 Å². The maximum atomic E-state index is 14.4. The zero-order valence-corrected chi connectivity index (χ0v) is 16.7. The number of pyridine rings is 1. The molecule has 0 radical (unpaired) electrons. The molecule has 3 aromatic rings. The largest absolute Gasteiger partial charge is 0.365 e. The Morgan fingerprint density at radius 3 is 2.79 bits per heavy atom. The molecular formula is C18H21FN8OS. The van der Waals surface area contributed by atoms with Crippen LogP contribution in [-0.2, 0) is 6.54 Å². The number of rotatable bonds is 6. The predicted molar refractivity (Wildman–Crippen MR) is 109 cm³/mol. The molecule has 11 heteroatoms. The highest BCUT2D eigenvalue weighted by Crippen LogP contribution is 2.24. The molecule has 0 spiro atoms. The highest BCUT2D eigenvalue weighted by molar-refractivity contribution is 7.15. The molecule has 4 heterocycles. The molecule has 152 valence electrons. The molecule has 29 heavy (non-hydrogen) atoms. The zero-order valence-electron chi connectivity index (χ0n) is 15.9. The summed E-state index contributed by atoms with van der Waals surface area (Å²) < 4.78 is 14.4. The van der Waals surface area contributed by atoms with E-state index in [0.29, 0.717) is 24.7 Å². The lowest BCUT2D eigenvalue weighted by atomic mass is 10.2. The van der Waals surface area contributed by atoms with Gasteiger partial charge in [0.05, 0.1) is 5.69 Å². The number of hydrogen-bond donors (Lipinski definition) is 3. The lowest BCUT2D eigenvalue weighted by Gasteiger charge is -2.35. The Hall–Kier alpha value is -3.05. The highest BCUT2D eigenvalue weighted by Gasteiger charge is 2.21. The minimum atomic E-state index is -0.615. The number of thiazole rings is 1. The number of hydrogen-bond acceptors (Lipinski definition) is 8. The minimum absolute atomic E-state index is 0.0801. The van der Waals surface area contributed by atoms with Crippen LogP contribution in [0.25, 0.3) is 0 Å². The minimum Gasteiger partial charge on any atom is -0.365 e. The molecule has 0 atom stereocenters. The van der Waals surface area contributed by atoms with Crippen molar-refractivity contribution in [2.75, 3.05) is 43.4 Å². The van der Waals surface area contributed by atoms with E-state index >= 15 is 0 Å². The monoisotopic (exact) mass is 416 g/mol. The summed E-state index contributed by atoms with van der Waals surface area (Å²) in [7, 11) is 1.49. The number of carbonyl (C=O) groups excluding carboxylic acids is 1. The van der Waals surface area contributed by atoms with Gasteiger partial charge in [-0.1, -0.05) is 0 Å². The van der Waals surface area contributed by atoms with E-state index < -0.39 is 11.9 Å². The van der Waals surface area contributed by atoms with Gasteiger partial charge in [0, 0.05) is 63.2 Å². The van der Waals surface area contributed by atoms with Crippen LogP contribution in [0, 0.1) is 5.95 Å². The van der Waals surface area contributed by atoms with Gasteiger partial charge in [0.1, 0.15) is 5.69 Å². The SMILES string of the molecule is CNC(=O)c1ccc(N2CCN(Cc3cnc(Nc4ncc[nH]4)s3)CC2)c(F)n1. The Balaban J connectivity index is 1.32. The number of amides is 1. The molecule has 1 aliphatic heterocycles. The van der Waals surface area contributed by atoms with Crippen molar-refractivity contribution in [1.29, 1.82) is 0 Å². The van der Waals surface area contributed by atoms with Crippen LogP contribution in [0.15, 0.2) is 30.7 Å². The van der Waals surface area contributed by atoms with Gasteiger partial charge in [-0.05, 0) is 12.1 Å². The second-order valence-electron chi connectivity index (χ2n) is 6.54. The Morgan fingerprint density at radius 2 is 2.10 bits per heavy atom. The second-order valence-corrected chi connectivity index (χ2v) is 7.66. The van der Waals surface area contributed by atoms with Gasteiger partial charge in [-0.3, -0.25) is 9.69 Å². The summed E-state index contributed by atoms with van der Waals surface area (Å²) in [6.45, 7) is 3.77. The standard InChI is InChI=1S/C18H21FN8OS/c1-20-16(28)13-2-3-14(15(19)24-13)27-8-6-26(7-9-27)11-12-10-23-18(29-12)25-17-21-4-5-22-17/h2-5,10H,6-9,11H2,1H3,(H,20,28)(H2,21,22,23,25). The maximum Gasteiger partial charge on any atom is 0.269 e. The van der Waals surface area contributed by atoms with E-state index in [2.05, 4.69) is 35.5 Å². The third-order valence-electron chi connectivity index (χ3n) is 4.66. The number of nitrogens with zero attached hydrogens (tertiary/aromatic N) is 5. The third kappa shape index (κ3) is 4.51. The average Bonchev–Trinajstić information content (AvgIpc) is 3.40. The van der Waals surface area contributed by atoms with Crippen LogP contribution in [0.2, 0.25) is 0 Å². The molecule has 1 fully saturated rings. The van der Waals surface area contributed by atoms with Crippen molar-refractivity contribution in [2.24, 2.45) is 0 Å². The number of aromatic amines is 1. The normalized spacial score (nSPS) is 14.8. The fraction of sp³-hybridized carbons (Fsp3) is 0.333. The summed E-state index contributed by atoms with van der Waals surface area (Å²) in [5.74, 6) is -0.348. The van der Waals surface area contributed by atoms with Crippen molar-refractivity contribution in [3.05, 3.63) is 47.2 Å². The van der Waals surface area contributed by atoms with Gasteiger partial charge < -0.3 is 20.5 Å². The van der Waals surface area contributed by atoms with Crippen molar-refractivity contribution in [1.82, 2.24) is 30.2 Å². The summed E-state index contributed by atoms with van der Waals surface area (Å²) in [4.78, 5) is 32.3. The first-order valence-corrected chi connectivity index (χ1v) is 10.0. The first kappa shape index (κ1) is 19.3. The summed E-state index contributed by atoms with van der Waals surface area (Å²) in [5, 5.41) is 6.37. The molecule has 0 saturated carbocycles. The Labute approximate surface area is 171 Å². The molecule has 0 bridgehead atoms. The van der Waals surface area contributed by atoms with Crippen LogP contribution in [0.3, 0.4) is 0 Å². The predicted octanol–water partition coefficient (Wildman–Crippen LogP) is 1.83. The van der Waals surface area contributed by atoms with Crippen molar-refractivity contribution < 1.29 is 9.18 Å². The van der Waals surface area contributed by atoms with Gasteiger partial charge in [0.25, 0.3) is 5.91 Å². The summed E-state index contributed by atoms with van der Waals surface area (Å²) >= 11 is 1.59. The topological polar surface area (TPSA) is 102 Å². The number of anilines is 3. The van der Waals surface area contributed by atoms with Gasteiger partial charge >= 0.3 is 0 Å². The van der Waals surface area contributed by atoms with E-state index in [-0.39, 0.29) is 5.69 Å². The van der Waals surface area contributed by atoms with E-state index in [1.165, 1.54) is 7.05 Å². The quantitative estimate of drug-likeness (QED) is 0.527. The maximum absolute atomic E-state index is 14.4. The number of aromatic nitrogens is 4. The van der Waals surface area contributed by atoms with Crippen LogP contribution in [0.1, 0.15) is 15.4 Å². The summed E-state index contributed by atoms with van der Waals surface area (Å²) in [6, 6.07) is 3.17. The molecule has 9 nitrogen and oxygen atoms in total. The lowest BCUT2D eigenvalue weighted by Crippen LogP contribution is -2.46. The number of carbonyl (C=O) groups is 1. The number of halogens is 1. The molecule has 1 amide bonds. The molecule has 3 N–H and O–H groups in total. The molecule has 3 aromatic heterocycles. The average molecular weight is 416 g/mol. The smallest absolute Gasteiger partial charge is 0.269 e.